The molecule has 2 aromatic heterocycles. The number of nitrogens with zero attached hydrogens (tertiary/aromatic N) is 3. The van der Waals surface area contributed by atoms with Gasteiger partial charge in [-0.2, -0.15) is 0 Å². The Kier molecular flexibility index (Phi) is 5.34. The van der Waals surface area contributed by atoms with Gasteiger partial charge in [-0.25, -0.2) is 9.97 Å². The lowest BCUT2D eigenvalue weighted by atomic mass is 10.1. The molecule has 2 aromatic carbocycles. The molecule has 4 rings (SSSR count). The monoisotopic (exact) mass is 397 g/mol. The SMILES string of the molecule is Cc1cc(Nc2ncnc3ccc(C=CC(N)=O)cc23)ccc1Oc1cccnc1. The fraction of sp³-hybridized carbons (Fsp3) is 0.0435. The van der Waals surface area contributed by atoms with Gasteiger partial charge in [-0.15, -0.1) is 0 Å². The zero-order chi connectivity index (χ0) is 20.9. The second kappa shape index (κ2) is 8.40. The van der Waals surface area contributed by atoms with Crippen molar-refractivity contribution < 1.29 is 9.53 Å². The van der Waals surface area contributed by atoms with E-state index in [1.54, 1.807) is 18.5 Å². The van der Waals surface area contributed by atoms with Crippen LogP contribution in [0.4, 0.5) is 11.5 Å². The summed E-state index contributed by atoms with van der Waals surface area (Å²) in [4.78, 5) is 23.8. The molecular formula is C23H19N5O2. The van der Waals surface area contributed by atoms with Crippen molar-refractivity contribution in [3.05, 3.63) is 84.5 Å². The molecular weight excluding hydrogens is 378 g/mol. The van der Waals surface area contributed by atoms with Gasteiger partial charge in [0.1, 0.15) is 23.6 Å². The minimum atomic E-state index is -0.498. The number of ether oxygens (including phenoxy) is 1. The van der Waals surface area contributed by atoms with Crippen LogP contribution in [0.15, 0.2) is 73.3 Å². The second-order valence-electron chi connectivity index (χ2n) is 6.63. The summed E-state index contributed by atoms with van der Waals surface area (Å²) in [6.07, 6.45) is 7.86. The predicted molar refractivity (Wildman–Crippen MR) is 117 cm³/mol. The molecule has 0 saturated heterocycles. The molecule has 0 atom stereocenters. The summed E-state index contributed by atoms with van der Waals surface area (Å²) in [6.45, 7) is 1.97. The Morgan fingerprint density at radius 1 is 1.13 bits per heavy atom. The van der Waals surface area contributed by atoms with Crippen molar-refractivity contribution in [3.8, 4) is 11.5 Å². The van der Waals surface area contributed by atoms with Gasteiger partial charge in [0.05, 0.1) is 11.7 Å². The predicted octanol–water partition coefficient (Wildman–Crippen LogP) is 4.37. The van der Waals surface area contributed by atoms with Crippen molar-refractivity contribution in [2.24, 2.45) is 5.73 Å². The van der Waals surface area contributed by atoms with E-state index in [0.29, 0.717) is 11.6 Å². The molecule has 30 heavy (non-hydrogen) atoms. The highest BCUT2D eigenvalue weighted by Crippen LogP contribution is 2.29. The van der Waals surface area contributed by atoms with Crippen LogP contribution in [0.2, 0.25) is 0 Å². The Labute approximate surface area is 173 Å². The Morgan fingerprint density at radius 3 is 2.80 bits per heavy atom. The van der Waals surface area contributed by atoms with Gasteiger partial charge in [-0.1, -0.05) is 6.07 Å². The number of benzene rings is 2. The molecule has 0 radical (unpaired) electrons. The van der Waals surface area contributed by atoms with Crippen molar-refractivity contribution in [2.75, 3.05) is 5.32 Å². The number of pyridine rings is 1. The second-order valence-corrected chi connectivity index (χ2v) is 6.63. The van der Waals surface area contributed by atoms with Gasteiger partial charge >= 0.3 is 0 Å². The molecule has 0 fully saturated rings. The lowest BCUT2D eigenvalue weighted by molar-refractivity contribution is -0.113. The topological polar surface area (TPSA) is 103 Å². The van der Waals surface area contributed by atoms with Crippen LogP contribution in [-0.2, 0) is 4.79 Å². The van der Waals surface area contributed by atoms with Gasteiger partial charge in [0, 0.05) is 23.3 Å². The number of nitrogens with two attached hydrogens (primary N) is 1. The van der Waals surface area contributed by atoms with Gasteiger partial charge in [0.15, 0.2) is 0 Å². The van der Waals surface area contributed by atoms with Crippen molar-refractivity contribution >= 4 is 34.4 Å². The fourth-order valence-corrected chi connectivity index (χ4v) is 2.97. The van der Waals surface area contributed by atoms with E-state index < -0.39 is 5.91 Å². The molecule has 7 heteroatoms. The summed E-state index contributed by atoms with van der Waals surface area (Å²) in [6, 6.07) is 15.1. The highest BCUT2D eigenvalue weighted by Gasteiger charge is 2.08. The lowest BCUT2D eigenvalue weighted by Gasteiger charge is -2.12. The average Bonchev–Trinajstić information content (AvgIpc) is 2.75. The number of primary amides is 1. The maximum absolute atomic E-state index is 11.0. The first-order valence-corrected chi connectivity index (χ1v) is 9.26. The van der Waals surface area contributed by atoms with Crippen molar-refractivity contribution in [1.29, 1.82) is 0 Å². The van der Waals surface area contributed by atoms with Crippen LogP contribution < -0.4 is 15.8 Å². The van der Waals surface area contributed by atoms with Crippen molar-refractivity contribution in [2.45, 2.75) is 6.92 Å². The van der Waals surface area contributed by atoms with Crippen molar-refractivity contribution in [3.63, 3.8) is 0 Å². The number of carbonyl (C=O) groups excluding carboxylic acids is 1. The first-order chi connectivity index (χ1) is 14.6. The molecule has 0 aliphatic carbocycles. The number of amides is 1. The standard InChI is InChI=1S/C23H19N5O2/c1-15-11-17(6-8-21(15)30-18-3-2-10-25-13-18)28-23-19-12-16(5-9-22(24)29)4-7-20(19)26-14-27-23/h2-14H,1H3,(H2,24,29)(H,26,27,28). The summed E-state index contributed by atoms with van der Waals surface area (Å²) in [7, 11) is 0. The zero-order valence-electron chi connectivity index (χ0n) is 16.2. The molecule has 3 N–H and O–H groups in total. The van der Waals surface area contributed by atoms with Gasteiger partial charge in [-0.05, 0) is 66.6 Å². The number of nitrogens with one attached hydrogen (secondary N) is 1. The highest BCUT2D eigenvalue weighted by atomic mass is 16.5. The van der Waals surface area contributed by atoms with E-state index in [4.69, 9.17) is 10.5 Å². The molecule has 1 amide bonds. The van der Waals surface area contributed by atoms with E-state index >= 15 is 0 Å². The third-order valence-electron chi connectivity index (χ3n) is 4.40. The number of aromatic nitrogens is 3. The Hall–Kier alpha value is -4.26. The average molecular weight is 397 g/mol. The maximum atomic E-state index is 11.0. The molecule has 0 saturated carbocycles. The van der Waals surface area contributed by atoms with Crippen LogP contribution in [0.3, 0.4) is 0 Å². The summed E-state index contributed by atoms with van der Waals surface area (Å²) in [5.41, 5.74) is 8.63. The van der Waals surface area contributed by atoms with E-state index in [0.717, 1.165) is 33.5 Å². The highest BCUT2D eigenvalue weighted by molar-refractivity contribution is 5.94. The number of fused-ring (bicyclic) bond motifs is 1. The van der Waals surface area contributed by atoms with Crippen LogP contribution in [0.5, 0.6) is 11.5 Å². The minimum Gasteiger partial charge on any atom is -0.455 e. The molecule has 0 bridgehead atoms. The Bertz CT molecular complexity index is 1240. The number of rotatable bonds is 6. The number of carbonyl (C=O) groups is 1. The molecule has 0 spiro atoms. The number of hydrogen-bond donors (Lipinski definition) is 2. The quantitative estimate of drug-likeness (QED) is 0.468. The zero-order valence-corrected chi connectivity index (χ0v) is 16.2. The first kappa shape index (κ1) is 19.1. The molecule has 4 aromatic rings. The molecule has 0 aliphatic rings. The van der Waals surface area contributed by atoms with Crippen molar-refractivity contribution in [1.82, 2.24) is 15.0 Å². The van der Waals surface area contributed by atoms with E-state index in [9.17, 15) is 4.79 Å². The number of aryl methyl sites for hydroxylation is 1. The van der Waals surface area contributed by atoms with Gasteiger partial charge in [-0.3, -0.25) is 9.78 Å². The van der Waals surface area contributed by atoms with Crippen LogP contribution >= 0.6 is 0 Å². The van der Waals surface area contributed by atoms with E-state index in [1.807, 2.05) is 55.5 Å². The summed E-state index contributed by atoms with van der Waals surface area (Å²) in [5.74, 6) is 1.59. The lowest BCUT2D eigenvalue weighted by Crippen LogP contribution is -2.05. The van der Waals surface area contributed by atoms with Crippen LogP contribution in [-0.4, -0.2) is 20.9 Å². The largest absolute Gasteiger partial charge is 0.455 e. The van der Waals surface area contributed by atoms with Crippen LogP contribution in [0.1, 0.15) is 11.1 Å². The summed E-state index contributed by atoms with van der Waals surface area (Å²) >= 11 is 0. The third-order valence-corrected chi connectivity index (χ3v) is 4.40. The molecule has 7 nitrogen and oxygen atoms in total. The van der Waals surface area contributed by atoms with E-state index in [1.165, 1.54) is 12.4 Å². The van der Waals surface area contributed by atoms with Gasteiger partial charge < -0.3 is 15.8 Å². The molecule has 0 aliphatic heterocycles. The van der Waals surface area contributed by atoms with Crippen LogP contribution in [0.25, 0.3) is 17.0 Å². The van der Waals surface area contributed by atoms with E-state index in [-0.39, 0.29) is 0 Å². The Morgan fingerprint density at radius 2 is 2.03 bits per heavy atom. The Balaban J connectivity index is 1.61. The third kappa shape index (κ3) is 4.41. The molecule has 0 unspecified atom stereocenters. The molecule has 2 heterocycles. The molecule has 148 valence electrons. The smallest absolute Gasteiger partial charge is 0.241 e. The van der Waals surface area contributed by atoms with E-state index in [2.05, 4.69) is 20.3 Å². The van der Waals surface area contributed by atoms with Gasteiger partial charge in [0.2, 0.25) is 5.91 Å². The number of anilines is 2. The fourth-order valence-electron chi connectivity index (χ4n) is 2.97. The summed E-state index contributed by atoms with van der Waals surface area (Å²) < 4.78 is 5.89. The summed E-state index contributed by atoms with van der Waals surface area (Å²) in [5, 5.41) is 4.17. The maximum Gasteiger partial charge on any atom is 0.241 e. The first-order valence-electron chi connectivity index (χ1n) is 9.26. The normalized spacial score (nSPS) is 11.0. The van der Waals surface area contributed by atoms with Gasteiger partial charge in [0.25, 0.3) is 0 Å². The van der Waals surface area contributed by atoms with Crippen LogP contribution in [0, 0.1) is 6.92 Å². The number of hydrogen-bond acceptors (Lipinski definition) is 6. The minimum absolute atomic E-state index is 0.498.